The van der Waals surface area contributed by atoms with Gasteiger partial charge in [-0.05, 0) is 134 Å². The van der Waals surface area contributed by atoms with Crippen LogP contribution in [0.15, 0.2) is 279 Å². The summed E-state index contributed by atoms with van der Waals surface area (Å²) in [4.78, 5) is 4.81. The lowest BCUT2D eigenvalue weighted by Gasteiger charge is -2.31. The Morgan fingerprint density at radius 2 is 0.493 bits per heavy atom. The van der Waals surface area contributed by atoms with Gasteiger partial charge in [0.1, 0.15) is 0 Å². The number of anilines is 6. The zero-order valence-corrected chi connectivity index (χ0v) is 38.7. The molecule has 0 N–H and O–H groups in total. The minimum Gasteiger partial charge on any atom is -0.310 e. The van der Waals surface area contributed by atoms with Crippen molar-refractivity contribution >= 4 is 65.6 Å². The SMILES string of the molecule is c1ccc(-c2ccc(N(c3ccc(-c4ccccc4)cc3)c3cc(-c4ccc5c(c4)sc4ccccc45)cc(N(c4ccc(-c5ccccc5)cc4)c4ccc(-c5ccccc5)cc4)c3)cc2)cc1. The third-order valence-electron chi connectivity index (χ3n) is 13.1. The number of fused-ring (bicyclic) bond motifs is 3. The molecule has 0 fully saturated rings. The molecule has 0 aliphatic carbocycles. The van der Waals surface area contributed by atoms with Crippen LogP contribution >= 0.6 is 11.3 Å². The molecule has 1 aromatic heterocycles. The first-order valence-electron chi connectivity index (χ1n) is 23.5. The van der Waals surface area contributed by atoms with Gasteiger partial charge in [0.25, 0.3) is 0 Å². The molecule has 2 nitrogen and oxygen atoms in total. The van der Waals surface area contributed by atoms with Crippen LogP contribution in [0.3, 0.4) is 0 Å². The molecule has 3 heteroatoms. The first kappa shape index (κ1) is 41.7. The third kappa shape index (κ3) is 8.49. The molecular formula is C66H46N2S. The van der Waals surface area contributed by atoms with Crippen molar-refractivity contribution in [2.45, 2.75) is 0 Å². The van der Waals surface area contributed by atoms with E-state index >= 15 is 0 Å². The van der Waals surface area contributed by atoms with Gasteiger partial charge in [0.15, 0.2) is 0 Å². The van der Waals surface area contributed by atoms with Crippen molar-refractivity contribution in [2.24, 2.45) is 0 Å². The largest absolute Gasteiger partial charge is 0.310 e. The van der Waals surface area contributed by atoms with Crippen LogP contribution in [0.4, 0.5) is 34.1 Å². The zero-order valence-electron chi connectivity index (χ0n) is 37.9. The van der Waals surface area contributed by atoms with Gasteiger partial charge in [-0.25, -0.2) is 0 Å². The summed E-state index contributed by atoms with van der Waals surface area (Å²) >= 11 is 1.86. The van der Waals surface area contributed by atoms with E-state index in [9.17, 15) is 0 Å². The van der Waals surface area contributed by atoms with E-state index < -0.39 is 0 Å². The van der Waals surface area contributed by atoms with Crippen molar-refractivity contribution in [1.29, 1.82) is 0 Å². The van der Waals surface area contributed by atoms with Gasteiger partial charge in [0.2, 0.25) is 0 Å². The fourth-order valence-corrected chi connectivity index (χ4v) is 10.7. The molecular weight excluding hydrogens is 853 g/mol. The van der Waals surface area contributed by atoms with Crippen LogP contribution in [-0.2, 0) is 0 Å². The summed E-state index contributed by atoms with van der Waals surface area (Å²) in [6.45, 7) is 0. The van der Waals surface area contributed by atoms with Crippen LogP contribution in [0.1, 0.15) is 0 Å². The summed E-state index contributed by atoms with van der Waals surface area (Å²) < 4.78 is 2.57. The van der Waals surface area contributed by atoms with Crippen LogP contribution in [0.5, 0.6) is 0 Å². The Hall–Kier alpha value is -8.76. The molecule has 0 bridgehead atoms. The quantitative estimate of drug-likeness (QED) is 0.128. The Balaban J connectivity index is 1.07. The Kier molecular flexibility index (Phi) is 11.2. The van der Waals surface area contributed by atoms with E-state index in [-0.39, 0.29) is 0 Å². The van der Waals surface area contributed by atoms with Gasteiger partial charge in [-0.3, -0.25) is 0 Å². The lowest BCUT2D eigenvalue weighted by Crippen LogP contribution is -2.13. The van der Waals surface area contributed by atoms with Gasteiger partial charge >= 0.3 is 0 Å². The first-order chi connectivity index (χ1) is 34.2. The lowest BCUT2D eigenvalue weighted by molar-refractivity contribution is 1.25. The van der Waals surface area contributed by atoms with E-state index in [1.54, 1.807) is 0 Å². The molecule has 0 aliphatic heterocycles. The van der Waals surface area contributed by atoms with E-state index in [1.807, 2.05) is 11.3 Å². The normalized spacial score (nSPS) is 11.2. The highest BCUT2D eigenvalue weighted by atomic mass is 32.1. The van der Waals surface area contributed by atoms with Gasteiger partial charge in [-0.2, -0.15) is 0 Å². The number of rotatable bonds is 11. The average molecular weight is 899 g/mol. The van der Waals surface area contributed by atoms with Gasteiger partial charge in [0.05, 0.1) is 0 Å². The second kappa shape index (κ2) is 18.5. The summed E-state index contributed by atoms with van der Waals surface area (Å²) in [6, 6.07) is 101. The Morgan fingerprint density at radius 1 is 0.188 bits per heavy atom. The maximum atomic E-state index is 2.41. The van der Waals surface area contributed by atoms with Crippen molar-refractivity contribution in [2.75, 3.05) is 9.80 Å². The molecule has 0 atom stereocenters. The number of hydrogen-bond acceptors (Lipinski definition) is 3. The summed E-state index contributed by atoms with van der Waals surface area (Å²) in [7, 11) is 0. The van der Waals surface area contributed by atoms with E-state index in [0.29, 0.717) is 0 Å². The molecule has 0 amide bonds. The number of hydrogen-bond donors (Lipinski definition) is 0. The molecule has 326 valence electrons. The summed E-state index contributed by atoms with van der Waals surface area (Å²) in [5.41, 5.74) is 18.1. The van der Waals surface area contributed by atoms with Crippen LogP contribution in [0, 0.1) is 0 Å². The molecule has 0 saturated heterocycles. The zero-order chi connectivity index (χ0) is 45.9. The molecule has 0 unspecified atom stereocenters. The molecule has 0 spiro atoms. The highest BCUT2D eigenvalue weighted by Crippen LogP contribution is 2.45. The molecule has 11 aromatic carbocycles. The summed E-state index contributed by atoms with van der Waals surface area (Å²) in [5, 5.41) is 2.58. The monoisotopic (exact) mass is 898 g/mol. The number of nitrogens with zero attached hydrogens (tertiary/aromatic N) is 2. The Morgan fingerprint density at radius 3 is 0.870 bits per heavy atom. The average Bonchev–Trinajstić information content (AvgIpc) is 3.81. The molecule has 12 rings (SSSR count). The second-order valence-corrected chi connectivity index (χ2v) is 18.5. The number of benzene rings is 11. The van der Waals surface area contributed by atoms with Crippen LogP contribution in [0.2, 0.25) is 0 Å². The highest BCUT2D eigenvalue weighted by molar-refractivity contribution is 7.25. The van der Waals surface area contributed by atoms with Crippen molar-refractivity contribution < 1.29 is 0 Å². The summed E-state index contributed by atoms with van der Waals surface area (Å²) in [6.07, 6.45) is 0. The minimum absolute atomic E-state index is 1.05. The standard InChI is InChI=1S/C66H46N2S/c1-5-15-47(16-6-1)51-25-34-57(35-26-51)67(58-36-27-52(28-37-58)48-17-7-2-8-18-48)61-43-56(55-33-42-64-63-23-13-14-24-65(63)69-66(64)45-55)44-62(46-61)68(59-38-29-53(30-39-59)49-19-9-3-10-20-49)60-40-31-54(32-41-60)50-21-11-4-12-22-50/h1-46H. The molecule has 0 saturated carbocycles. The van der Waals surface area contributed by atoms with Crippen LogP contribution in [0.25, 0.3) is 75.8 Å². The van der Waals surface area contributed by atoms with Crippen molar-refractivity contribution in [1.82, 2.24) is 0 Å². The Bertz CT molecular complexity index is 3310. The van der Waals surface area contributed by atoms with E-state index in [2.05, 4.69) is 289 Å². The van der Waals surface area contributed by atoms with Crippen molar-refractivity contribution in [3.63, 3.8) is 0 Å². The van der Waals surface area contributed by atoms with Crippen molar-refractivity contribution in [3.8, 4) is 55.6 Å². The first-order valence-corrected chi connectivity index (χ1v) is 24.3. The Labute approximate surface area is 407 Å². The fraction of sp³-hybridized carbons (Fsp3) is 0. The molecule has 1 heterocycles. The van der Waals surface area contributed by atoms with Gasteiger partial charge in [-0.15, -0.1) is 11.3 Å². The lowest BCUT2D eigenvalue weighted by atomic mass is 9.99. The molecule has 0 aliphatic rings. The van der Waals surface area contributed by atoms with Crippen molar-refractivity contribution in [3.05, 3.63) is 279 Å². The van der Waals surface area contributed by atoms with E-state index in [4.69, 9.17) is 0 Å². The molecule has 69 heavy (non-hydrogen) atoms. The van der Waals surface area contributed by atoms with E-state index in [0.717, 1.165) is 45.3 Å². The maximum Gasteiger partial charge on any atom is 0.0488 e. The molecule has 0 radical (unpaired) electrons. The topological polar surface area (TPSA) is 6.48 Å². The smallest absolute Gasteiger partial charge is 0.0488 e. The molecule has 12 aromatic rings. The maximum absolute atomic E-state index is 2.41. The highest BCUT2D eigenvalue weighted by Gasteiger charge is 2.21. The third-order valence-corrected chi connectivity index (χ3v) is 14.2. The predicted molar refractivity (Wildman–Crippen MR) is 296 cm³/mol. The van der Waals surface area contributed by atoms with Gasteiger partial charge in [0, 0.05) is 54.3 Å². The van der Waals surface area contributed by atoms with Gasteiger partial charge < -0.3 is 9.80 Å². The predicted octanol–water partition coefficient (Wildman–Crippen LogP) is 19.3. The summed E-state index contributed by atoms with van der Waals surface area (Å²) in [5.74, 6) is 0. The van der Waals surface area contributed by atoms with E-state index in [1.165, 1.54) is 64.7 Å². The van der Waals surface area contributed by atoms with Crippen LogP contribution in [-0.4, -0.2) is 0 Å². The second-order valence-electron chi connectivity index (χ2n) is 17.4. The minimum atomic E-state index is 1.05. The number of thiophene rings is 1. The fourth-order valence-electron chi connectivity index (χ4n) is 9.55. The van der Waals surface area contributed by atoms with Gasteiger partial charge in [-0.1, -0.05) is 200 Å². The van der Waals surface area contributed by atoms with Crippen LogP contribution < -0.4 is 9.80 Å².